The molecule has 1 aromatic carbocycles. The first-order chi connectivity index (χ1) is 15.6. The summed E-state index contributed by atoms with van der Waals surface area (Å²) in [4.78, 5) is 12.5. The molecule has 1 spiro atoms. The fourth-order valence-electron chi connectivity index (χ4n) is 8.68. The van der Waals surface area contributed by atoms with Crippen LogP contribution in [0.5, 0.6) is 5.75 Å². The Morgan fingerprint density at radius 3 is 2.64 bits per heavy atom. The van der Waals surface area contributed by atoms with Gasteiger partial charge in [0.1, 0.15) is 5.75 Å². The van der Waals surface area contributed by atoms with E-state index in [9.17, 15) is 15.0 Å². The summed E-state index contributed by atoms with van der Waals surface area (Å²) < 4.78 is 5.81. The number of benzene rings is 1. The second-order valence-electron chi connectivity index (χ2n) is 12.3. The highest BCUT2D eigenvalue weighted by atomic mass is 16.5. The summed E-state index contributed by atoms with van der Waals surface area (Å²) in [6.07, 6.45) is 15.4. The Morgan fingerprint density at radius 1 is 1.12 bits per heavy atom. The molecule has 2 bridgehead atoms. The molecule has 0 aliphatic heterocycles. The highest BCUT2D eigenvalue weighted by molar-refractivity contribution is 5.87. The molecule has 3 saturated carbocycles. The second kappa shape index (κ2) is 7.73. The lowest BCUT2D eigenvalue weighted by atomic mass is 9.40. The third-order valence-corrected chi connectivity index (χ3v) is 9.79. The van der Waals surface area contributed by atoms with Crippen LogP contribution in [-0.2, 0) is 9.53 Å². The van der Waals surface area contributed by atoms with E-state index in [1.54, 1.807) is 30.3 Å². The van der Waals surface area contributed by atoms with Crippen LogP contribution in [0.1, 0.15) is 71.3 Å². The van der Waals surface area contributed by atoms with Gasteiger partial charge in [0.05, 0.1) is 12.7 Å². The van der Waals surface area contributed by atoms with Gasteiger partial charge in [-0.25, -0.2) is 4.79 Å². The summed E-state index contributed by atoms with van der Waals surface area (Å²) >= 11 is 0. The van der Waals surface area contributed by atoms with Gasteiger partial charge in [-0.1, -0.05) is 51.5 Å². The lowest BCUT2D eigenvalue weighted by molar-refractivity contribution is -0.196. The van der Waals surface area contributed by atoms with E-state index < -0.39 is 0 Å². The number of aliphatic hydroxyl groups excluding tert-OH is 1. The van der Waals surface area contributed by atoms with Crippen molar-refractivity contribution < 1.29 is 19.7 Å². The maximum absolute atomic E-state index is 12.5. The molecule has 1 aromatic rings. The van der Waals surface area contributed by atoms with Crippen LogP contribution >= 0.6 is 0 Å². The summed E-state index contributed by atoms with van der Waals surface area (Å²) in [6, 6.07) is 6.74. The van der Waals surface area contributed by atoms with Crippen molar-refractivity contribution in [2.45, 2.75) is 71.8 Å². The van der Waals surface area contributed by atoms with E-state index in [-0.39, 0.29) is 39.5 Å². The standard InChI is InChI=1S/C29H38O4/c1-26-15-16-29(18-26)14-11-23-27(2,12-4-13-28(23,3)25(29)22(31)17-26)19-33-24(32)10-7-20-5-8-21(30)9-6-20/h5-10,15-16,22-23,25,30-31H,4,11-14,17-19H2,1-3H3. The van der Waals surface area contributed by atoms with Crippen molar-refractivity contribution in [1.82, 2.24) is 0 Å². The average Bonchev–Trinajstić information content (AvgIpc) is 3.01. The maximum Gasteiger partial charge on any atom is 0.330 e. The topological polar surface area (TPSA) is 66.8 Å². The number of hydrogen-bond acceptors (Lipinski definition) is 4. The van der Waals surface area contributed by atoms with E-state index in [0.717, 1.165) is 44.1 Å². The molecule has 7 unspecified atom stereocenters. The summed E-state index contributed by atoms with van der Waals surface area (Å²) in [5, 5.41) is 20.8. The number of phenols is 1. The average molecular weight is 451 g/mol. The predicted octanol–water partition coefficient (Wildman–Crippen LogP) is 5.89. The number of ether oxygens (including phenoxy) is 1. The van der Waals surface area contributed by atoms with Crippen molar-refractivity contribution in [2.75, 3.05) is 6.61 Å². The summed E-state index contributed by atoms with van der Waals surface area (Å²) in [5.41, 5.74) is 1.13. The number of rotatable bonds is 4. The zero-order valence-electron chi connectivity index (χ0n) is 20.2. The molecule has 33 heavy (non-hydrogen) atoms. The van der Waals surface area contributed by atoms with Gasteiger partial charge in [0.2, 0.25) is 0 Å². The molecule has 0 heterocycles. The lowest BCUT2D eigenvalue weighted by Gasteiger charge is -2.65. The van der Waals surface area contributed by atoms with Crippen molar-refractivity contribution >= 4 is 12.0 Å². The predicted molar refractivity (Wildman–Crippen MR) is 129 cm³/mol. The van der Waals surface area contributed by atoms with E-state index in [1.165, 1.54) is 12.5 Å². The number of carbonyl (C=O) groups is 1. The van der Waals surface area contributed by atoms with Crippen LogP contribution in [-0.4, -0.2) is 28.9 Å². The minimum Gasteiger partial charge on any atom is -0.508 e. The van der Waals surface area contributed by atoms with Crippen molar-refractivity contribution in [2.24, 2.45) is 33.5 Å². The molecule has 0 amide bonds. The van der Waals surface area contributed by atoms with E-state index in [0.29, 0.717) is 18.4 Å². The fourth-order valence-corrected chi connectivity index (χ4v) is 8.68. The lowest BCUT2D eigenvalue weighted by Crippen LogP contribution is -2.61. The molecular formula is C29H38O4. The Morgan fingerprint density at radius 2 is 1.88 bits per heavy atom. The number of hydrogen-bond donors (Lipinski definition) is 2. The molecule has 7 atom stereocenters. The van der Waals surface area contributed by atoms with Gasteiger partial charge in [-0.3, -0.25) is 0 Å². The van der Waals surface area contributed by atoms with Gasteiger partial charge >= 0.3 is 5.97 Å². The third kappa shape index (κ3) is 3.75. The number of phenolic OH excluding ortho intramolecular Hbond substituents is 1. The first kappa shape index (κ1) is 22.7. The molecule has 4 nitrogen and oxygen atoms in total. The fraction of sp³-hybridized carbons (Fsp3) is 0.621. The van der Waals surface area contributed by atoms with E-state index in [4.69, 9.17) is 4.74 Å². The zero-order chi connectivity index (χ0) is 23.5. The quantitative estimate of drug-likeness (QED) is 0.341. The molecule has 5 rings (SSSR count). The number of carbonyl (C=O) groups excluding carboxylic acids is 1. The Balaban J connectivity index is 1.31. The van der Waals surface area contributed by atoms with E-state index >= 15 is 0 Å². The highest BCUT2D eigenvalue weighted by Crippen LogP contribution is 2.71. The highest BCUT2D eigenvalue weighted by Gasteiger charge is 2.66. The van der Waals surface area contributed by atoms with Gasteiger partial charge in [0.25, 0.3) is 0 Å². The van der Waals surface area contributed by atoms with Crippen molar-refractivity contribution in [3.8, 4) is 5.75 Å². The summed E-state index contributed by atoms with van der Waals surface area (Å²) in [6.45, 7) is 7.46. The number of allylic oxidation sites excluding steroid dienone is 2. The van der Waals surface area contributed by atoms with Gasteiger partial charge in [-0.2, -0.15) is 0 Å². The van der Waals surface area contributed by atoms with Gasteiger partial charge in [0, 0.05) is 11.5 Å². The Hall–Kier alpha value is -2.07. The number of aliphatic hydroxyl groups is 1. The first-order valence-corrected chi connectivity index (χ1v) is 12.6. The van der Waals surface area contributed by atoms with Gasteiger partial charge in [-0.15, -0.1) is 0 Å². The molecule has 4 heteroatoms. The van der Waals surface area contributed by atoms with Crippen LogP contribution in [0.3, 0.4) is 0 Å². The minimum absolute atomic E-state index is 0.0644. The SMILES string of the molecule is CC12C=CC3(CCC4C(C)(COC(=O)C=Cc5ccc(O)cc5)CCCC4(C)C3C(O)C1)C2. The maximum atomic E-state index is 12.5. The molecule has 4 aliphatic rings. The Labute approximate surface area is 197 Å². The van der Waals surface area contributed by atoms with Gasteiger partial charge in [0.15, 0.2) is 0 Å². The molecule has 0 radical (unpaired) electrons. The van der Waals surface area contributed by atoms with Crippen molar-refractivity contribution in [3.05, 3.63) is 48.1 Å². The number of aromatic hydroxyl groups is 1. The van der Waals surface area contributed by atoms with Crippen molar-refractivity contribution in [3.63, 3.8) is 0 Å². The van der Waals surface area contributed by atoms with Crippen LogP contribution in [0.4, 0.5) is 0 Å². The van der Waals surface area contributed by atoms with Crippen LogP contribution in [0, 0.1) is 33.5 Å². The molecular weight excluding hydrogens is 412 g/mol. The minimum atomic E-state index is -0.323. The zero-order valence-corrected chi connectivity index (χ0v) is 20.2. The molecule has 0 aromatic heterocycles. The number of fused-ring (bicyclic) bond motifs is 3. The van der Waals surface area contributed by atoms with Crippen LogP contribution in [0.25, 0.3) is 6.08 Å². The van der Waals surface area contributed by atoms with E-state index in [2.05, 4.69) is 32.9 Å². The smallest absolute Gasteiger partial charge is 0.330 e. The summed E-state index contributed by atoms with van der Waals surface area (Å²) in [5.74, 6) is 0.616. The van der Waals surface area contributed by atoms with Crippen LogP contribution in [0.15, 0.2) is 42.5 Å². The Kier molecular flexibility index (Phi) is 5.32. The first-order valence-electron chi connectivity index (χ1n) is 12.6. The molecule has 178 valence electrons. The molecule has 0 saturated heterocycles. The number of esters is 1. The largest absolute Gasteiger partial charge is 0.508 e. The van der Waals surface area contributed by atoms with Gasteiger partial charge in [-0.05, 0) is 90.4 Å². The van der Waals surface area contributed by atoms with Crippen LogP contribution < -0.4 is 0 Å². The molecule has 4 aliphatic carbocycles. The molecule has 2 N–H and O–H groups in total. The van der Waals surface area contributed by atoms with Gasteiger partial charge < -0.3 is 14.9 Å². The molecule has 3 fully saturated rings. The van der Waals surface area contributed by atoms with E-state index in [1.807, 2.05) is 0 Å². The van der Waals surface area contributed by atoms with Crippen molar-refractivity contribution in [1.29, 1.82) is 0 Å². The normalized spacial score (nSPS) is 43.8. The monoisotopic (exact) mass is 450 g/mol. The third-order valence-electron chi connectivity index (χ3n) is 9.79. The second-order valence-corrected chi connectivity index (χ2v) is 12.3. The Bertz CT molecular complexity index is 980. The van der Waals surface area contributed by atoms with Crippen LogP contribution in [0.2, 0.25) is 0 Å². The summed E-state index contributed by atoms with van der Waals surface area (Å²) in [7, 11) is 0.